The van der Waals surface area contributed by atoms with Gasteiger partial charge in [0.2, 0.25) is 11.0 Å². The molecule has 1 atom stereocenters. The van der Waals surface area contributed by atoms with Gasteiger partial charge in [0.25, 0.3) is 0 Å². The molecule has 1 aromatic carbocycles. The summed E-state index contributed by atoms with van der Waals surface area (Å²) in [7, 11) is 0. The lowest BCUT2D eigenvalue weighted by Gasteiger charge is -2.22. The maximum atomic E-state index is 12.2. The average Bonchev–Trinajstić information content (AvgIpc) is 3.38. The molecule has 0 spiro atoms. The molecule has 136 valence electrons. The molecular weight excluding hydrogens is 348 g/mol. The molecule has 1 aliphatic rings. The highest BCUT2D eigenvalue weighted by Crippen LogP contribution is 2.31. The summed E-state index contributed by atoms with van der Waals surface area (Å²) in [6.07, 6.45) is 3.47. The number of carbonyl (C=O) groups excluding carboxylic acids is 1. The van der Waals surface area contributed by atoms with Crippen LogP contribution in [0.4, 0.5) is 5.13 Å². The van der Waals surface area contributed by atoms with E-state index >= 15 is 0 Å². The van der Waals surface area contributed by atoms with Crippen LogP contribution in [0.3, 0.4) is 0 Å². The summed E-state index contributed by atoms with van der Waals surface area (Å²) < 4.78 is 0. The maximum Gasteiger partial charge on any atom is 0.227 e. The number of aryl methyl sites for hydroxylation is 1. The predicted octanol–water partition coefficient (Wildman–Crippen LogP) is 3.14. The van der Waals surface area contributed by atoms with Crippen LogP contribution in [0.5, 0.6) is 0 Å². The van der Waals surface area contributed by atoms with E-state index in [1.54, 1.807) is 0 Å². The molecule has 4 rings (SSSR count). The Balaban J connectivity index is 1.37. The van der Waals surface area contributed by atoms with E-state index in [9.17, 15) is 4.79 Å². The van der Waals surface area contributed by atoms with Gasteiger partial charge in [0.05, 0.1) is 17.1 Å². The smallest absolute Gasteiger partial charge is 0.227 e. The van der Waals surface area contributed by atoms with Gasteiger partial charge in [-0.25, -0.2) is 4.98 Å². The van der Waals surface area contributed by atoms with Crippen molar-refractivity contribution in [1.29, 1.82) is 0 Å². The van der Waals surface area contributed by atoms with Gasteiger partial charge in [-0.3, -0.25) is 9.69 Å². The van der Waals surface area contributed by atoms with E-state index in [0.717, 1.165) is 47.7 Å². The molecule has 1 amide bonds. The molecule has 1 saturated heterocycles. The summed E-state index contributed by atoms with van der Waals surface area (Å²) in [5.41, 5.74) is 2.06. The molecule has 1 fully saturated rings. The molecule has 2 aromatic heterocycles. The van der Waals surface area contributed by atoms with Crippen LogP contribution in [-0.2, 0) is 11.2 Å². The second kappa shape index (κ2) is 7.51. The fraction of sp³-hybridized carbons (Fsp3) is 0.444. The summed E-state index contributed by atoms with van der Waals surface area (Å²) >= 11 is 1.44. The van der Waals surface area contributed by atoms with Crippen LogP contribution in [0, 0.1) is 0 Å². The van der Waals surface area contributed by atoms with Gasteiger partial charge in [0, 0.05) is 13.0 Å². The molecule has 1 aliphatic heterocycles. The number of carbonyl (C=O) groups is 1. The molecule has 0 radical (unpaired) electrons. The van der Waals surface area contributed by atoms with Crippen molar-refractivity contribution >= 4 is 33.4 Å². The number of benzene rings is 1. The first-order valence-electron chi connectivity index (χ1n) is 9.04. The minimum absolute atomic E-state index is 0.0148. The highest BCUT2D eigenvalue weighted by molar-refractivity contribution is 7.15. The molecule has 3 heterocycles. The lowest BCUT2D eigenvalue weighted by atomic mass is 10.2. The van der Waals surface area contributed by atoms with Crippen molar-refractivity contribution in [2.75, 3.05) is 18.4 Å². The molecule has 0 bridgehead atoms. The number of nitrogens with one attached hydrogen (secondary N) is 2. The monoisotopic (exact) mass is 370 g/mol. The second-order valence-corrected chi connectivity index (χ2v) is 7.55. The van der Waals surface area contributed by atoms with Crippen molar-refractivity contribution in [2.24, 2.45) is 0 Å². The summed E-state index contributed by atoms with van der Waals surface area (Å²) in [6, 6.07) is 8.34. The number of aromatic amines is 1. The van der Waals surface area contributed by atoms with Crippen molar-refractivity contribution < 1.29 is 4.79 Å². The third-order valence-electron chi connectivity index (χ3n) is 4.73. The Labute approximate surface area is 155 Å². The van der Waals surface area contributed by atoms with Gasteiger partial charge in [-0.1, -0.05) is 30.4 Å². The van der Waals surface area contributed by atoms with Gasteiger partial charge in [0.1, 0.15) is 10.8 Å². The first kappa shape index (κ1) is 17.1. The lowest BCUT2D eigenvalue weighted by Crippen LogP contribution is -2.28. The average molecular weight is 370 g/mol. The van der Waals surface area contributed by atoms with Gasteiger partial charge >= 0.3 is 0 Å². The van der Waals surface area contributed by atoms with Gasteiger partial charge in [-0.05, 0) is 37.9 Å². The van der Waals surface area contributed by atoms with Gasteiger partial charge in [0.15, 0.2) is 0 Å². The molecule has 0 aliphatic carbocycles. The standard InChI is InChI=1S/C18H22N6OS/c1-2-16-22-23-18(26-16)21-15(25)9-11-24-10-5-8-14(24)17-19-12-6-3-4-7-13(12)20-17/h3-4,6-7,14H,2,5,8-11H2,1H3,(H,19,20)(H,21,23,25)/t14-/m1/s1. The van der Waals surface area contributed by atoms with E-state index < -0.39 is 0 Å². The van der Waals surface area contributed by atoms with Crippen LogP contribution < -0.4 is 5.32 Å². The van der Waals surface area contributed by atoms with Crippen LogP contribution in [0.2, 0.25) is 0 Å². The lowest BCUT2D eigenvalue weighted by molar-refractivity contribution is -0.116. The maximum absolute atomic E-state index is 12.2. The number of hydrogen-bond donors (Lipinski definition) is 2. The predicted molar refractivity (Wildman–Crippen MR) is 102 cm³/mol. The van der Waals surface area contributed by atoms with Gasteiger partial charge in [-0.15, -0.1) is 10.2 Å². The molecule has 8 heteroatoms. The van der Waals surface area contributed by atoms with E-state index in [-0.39, 0.29) is 11.9 Å². The number of aromatic nitrogens is 4. The quantitative estimate of drug-likeness (QED) is 0.696. The number of hydrogen-bond acceptors (Lipinski definition) is 6. The normalized spacial score (nSPS) is 17.8. The van der Waals surface area contributed by atoms with Crippen molar-refractivity contribution in [1.82, 2.24) is 25.1 Å². The third-order valence-corrected chi connectivity index (χ3v) is 5.71. The molecular formula is C18H22N6OS. The summed E-state index contributed by atoms with van der Waals surface area (Å²) in [5.74, 6) is 0.986. The Kier molecular flexibility index (Phi) is 4.94. The van der Waals surface area contributed by atoms with Crippen LogP contribution in [0.15, 0.2) is 24.3 Å². The van der Waals surface area contributed by atoms with E-state index in [1.165, 1.54) is 11.3 Å². The largest absolute Gasteiger partial charge is 0.341 e. The fourth-order valence-corrected chi connectivity index (χ4v) is 4.10. The van der Waals surface area contributed by atoms with E-state index in [4.69, 9.17) is 4.98 Å². The number of fused-ring (bicyclic) bond motifs is 1. The first-order chi connectivity index (χ1) is 12.7. The van der Waals surface area contributed by atoms with Crippen molar-refractivity contribution in [3.05, 3.63) is 35.1 Å². The van der Waals surface area contributed by atoms with Crippen LogP contribution in [-0.4, -0.2) is 44.1 Å². The number of para-hydroxylation sites is 2. The molecule has 26 heavy (non-hydrogen) atoms. The Hall–Kier alpha value is -2.32. The molecule has 0 unspecified atom stereocenters. The van der Waals surface area contributed by atoms with E-state index in [1.807, 2.05) is 31.2 Å². The summed E-state index contributed by atoms with van der Waals surface area (Å²) in [4.78, 5) is 22.7. The van der Waals surface area contributed by atoms with Crippen LogP contribution in [0.1, 0.15) is 43.1 Å². The van der Waals surface area contributed by atoms with Crippen LogP contribution in [0.25, 0.3) is 11.0 Å². The van der Waals surface area contributed by atoms with E-state index in [0.29, 0.717) is 18.1 Å². The number of nitrogens with zero attached hydrogens (tertiary/aromatic N) is 4. The number of anilines is 1. The van der Waals surface area contributed by atoms with Crippen LogP contribution >= 0.6 is 11.3 Å². The Morgan fingerprint density at radius 3 is 3.08 bits per heavy atom. The number of amides is 1. The Bertz CT molecular complexity index is 871. The third kappa shape index (κ3) is 3.61. The summed E-state index contributed by atoms with van der Waals surface area (Å²) in [6.45, 7) is 3.73. The van der Waals surface area contributed by atoms with Gasteiger partial charge in [-0.2, -0.15) is 0 Å². The Morgan fingerprint density at radius 1 is 1.38 bits per heavy atom. The van der Waals surface area contributed by atoms with E-state index in [2.05, 4.69) is 25.4 Å². The fourth-order valence-electron chi connectivity index (χ4n) is 3.41. The Morgan fingerprint density at radius 2 is 2.27 bits per heavy atom. The first-order valence-corrected chi connectivity index (χ1v) is 9.85. The van der Waals surface area contributed by atoms with Gasteiger partial charge < -0.3 is 10.3 Å². The van der Waals surface area contributed by atoms with Crippen molar-refractivity contribution in [3.63, 3.8) is 0 Å². The van der Waals surface area contributed by atoms with Crippen molar-refractivity contribution in [3.8, 4) is 0 Å². The SMILES string of the molecule is CCc1nnc(NC(=O)CCN2CCC[C@@H]2c2nc3ccccc3[nH]2)s1. The number of H-pyrrole nitrogens is 1. The highest BCUT2D eigenvalue weighted by Gasteiger charge is 2.28. The zero-order valence-electron chi connectivity index (χ0n) is 14.7. The molecule has 7 nitrogen and oxygen atoms in total. The number of rotatable bonds is 6. The summed E-state index contributed by atoms with van der Waals surface area (Å²) in [5, 5.41) is 12.4. The second-order valence-electron chi connectivity index (χ2n) is 6.49. The number of imidazole rings is 1. The molecule has 0 saturated carbocycles. The molecule has 3 aromatic rings. The minimum atomic E-state index is -0.0148. The topological polar surface area (TPSA) is 86.8 Å². The number of likely N-dealkylation sites (tertiary alicyclic amines) is 1. The zero-order valence-corrected chi connectivity index (χ0v) is 15.6. The highest BCUT2D eigenvalue weighted by atomic mass is 32.1. The molecule has 2 N–H and O–H groups in total. The minimum Gasteiger partial charge on any atom is -0.341 e. The van der Waals surface area contributed by atoms with Crippen molar-refractivity contribution in [2.45, 2.75) is 38.6 Å². The zero-order chi connectivity index (χ0) is 17.9.